The summed E-state index contributed by atoms with van der Waals surface area (Å²) in [5, 5.41) is 12.9. The molecule has 4 heteroatoms. The van der Waals surface area contributed by atoms with E-state index in [2.05, 4.69) is 5.32 Å². The number of carboxylic acids is 1. The molecule has 21 heavy (non-hydrogen) atoms. The fraction of sp³-hybridized carbons (Fsp3) is 0.588. The number of nitrogens with one attached hydrogen (secondary N) is 1. The molecule has 4 unspecified atom stereocenters. The third-order valence-electron chi connectivity index (χ3n) is 4.98. The summed E-state index contributed by atoms with van der Waals surface area (Å²) in [5.74, 6) is 0.964. The highest BCUT2D eigenvalue weighted by atomic mass is 16.5. The lowest BCUT2D eigenvalue weighted by Crippen LogP contribution is -2.43. The van der Waals surface area contributed by atoms with Crippen LogP contribution in [0, 0.1) is 17.8 Å². The number of carboxylic acid groups (broad SMARTS) is 1. The lowest BCUT2D eigenvalue weighted by molar-refractivity contribution is -0.144. The minimum atomic E-state index is -0.633. The molecule has 0 spiro atoms. The van der Waals surface area contributed by atoms with Crippen molar-refractivity contribution in [3.8, 4) is 5.75 Å². The molecular weight excluding hydrogens is 266 g/mol. The largest absolute Gasteiger partial charge is 0.494 e. The monoisotopic (exact) mass is 289 g/mol. The minimum Gasteiger partial charge on any atom is -0.494 e. The summed E-state index contributed by atoms with van der Waals surface area (Å²) in [5.41, 5.74) is 1.17. The van der Waals surface area contributed by atoms with Gasteiger partial charge in [-0.2, -0.15) is 0 Å². The van der Waals surface area contributed by atoms with Crippen molar-refractivity contribution >= 4 is 5.97 Å². The molecule has 0 aliphatic heterocycles. The zero-order valence-corrected chi connectivity index (χ0v) is 12.4. The predicted molar refractivity (Wildman–Crippen MR) is 80.2 cm³/mol. The number of aliphatic carboxylic acids is 1. The summed E-state index contributed by atoms with van der Waals surface area (Å²) in [6.45, 7) is 3.36. The van der Waals surface area contributed by atoms with E-state index in [1.165, 1.54) is 12.0 Å². The maximum absolute atomic E-state index is 11.5. The van der Waals surface area contributed by atoms with Crippen LogP contribution in [0.4, 0.5) is 0 Å². The molecule has 114 valence electrons. The van der Waals surface area contributed by atoms with Gasteiger partial charge in [-0.05, 0) is 55.7 Å². The maximum Gasteiger partial charge on any atom is 0.308 e. The Balaban J connectivity index is 1.60. The summed E-state index contributed by atoms with van der Waals surface area (Å²) >= 11 is 0. The molecule has 2 aliphatic carbocycles. The van der Waals surface area contributed by atoms with Gasteiger partial charge in [-0.1, -0.05) is 12.1 Å². The van der Waals surface area contributed by atoms with Crippen LogP contribution in [0.2, 0.25) is 0 Å². The van der Waals surface area contributed by atoms with Crippen LogP contribution in [0.3, 0.4) is 0 Å². The molecule has 4 nitrogen and oxygen atoms in total. The van der Waals surface area contributed by atoms with Crippen molar-refractivity contribution in [2.75, 3.05) is 6.61 Å². The number of hydrogen-bond donors (Lipinski definition) is 2. The molecule has 2 N–H and O–H groups in total. The lowest BCUT2D eigenvalue weighted by atomic mass is 9.84. The molecular formula is C17H23NO3. The lowest BCUT2D eigenvalue weighted by Gasteiger charge is -2.29. The molecule has 2 bridgehead atoms. The van der Waals surface area contributed by atoms with Crippen molar-refractivity contribution in [2.24, 2.45) is 17.8 Å². The third-order valence-corrected chi connectivity index (χ3v) is 4.98. The van der Waals surface area contributed by atoms with Gasteiger partial charge in [-0.15, -0.1) is 0 Å². The van der Waals surface area contributed by atoms with E-state index >= 15 is 0 Å². The van der Waals surface area contributed by atoms with Crippen LogP contribution in [0.15, 0.2) is 24.3 Å². The van der Waals surface area contributed by atoms with Crippen molar-refractivity contribution in [1.29, 1.82) is 0 Å². The van der Waals surface area contributed by atoms with Crippen LogP contribution >= 0.6 is 0 Å². The Bertz CT molecular complexity index is 499. The highest BCUT2D eigenvalue weighted by molar-refractivity contribution is 5.72. The molecule has 4 atom stereocenters. The minimum absolute atomic E-state index is 0.132. The molecule has 2 saturated carbocycles. The first-order valence-corrected chi connectivity index (χ1v) is 7.87. The SMILES string of the molecule is CCOc1ccc(CNC2C3CCC(C3)C2C(=O)O)cc1. The zero-order chi connectivity index (χ0) is 14.8. The van der Waals surface area contributed by atoms with E-state index in [1.54, 1.807) is 0 Å². The Kier molecular flexibility index (Phi) is 4.15. The fourth-order valence-corrected chi connectivity index (χ4v) is 4.05. The molecule has 0 heterocycles. The molecule has 1 aromatic rings. The highest BCUT2D eigenvalue weighted by Gasteiger charge is 2.50. The topological polar surface area (TPSA) is 58.6 Å². The number of rotatable bonds is 6. The van der Waals surface area contributed by atoms with Crippen LogP contribution in [-0.4, -0.2) is 23.7 Å². The van der Waals surface area contributed by atoms with Crippen molar-refractivity contribution in [1.82, 2.24) is 5.32 Å². The number of fused-ring (bicyclic) bond motifs is 2. The molecule has 0 amide bonds. The number of hydrogen-bond acceptors (Lipinski definition) is 3. The molecule has 3 rings (SSSR count). The van der Waals surface area contributed by atoms with Gasteiger partial charge in [0.2, 0.25) is 0 Å². The van der Waals surface area contributed by atoms with Gasteiger partial charge in [0.15, 0.2) is 0 Å². The summed E-state index contributed by atoms with van der Waals surface area (Å²) in [4.78, 5) is 11.5. The van der Waals surface area contributed by atoms with Crippen molar-refractivity contribution in [3.63, 3.8) is 0 Å². The first-order chi connectivity index (χ1) is 10.2. The Morgan fingerprint density at radius 1 is 1.29 bits per heavy atom. The van der Waals surface area contributed by atoms with E-state index in [-0.39, 0.29) is 12.0 Å². The fourth-order valence-electron chi connectivity index (χ4n) is 4.05. The second kappa shape index (κ2) is 6.06. The molecule has 0 saturated heterocycles. The van der Waals surface area contributed by atoms with E-state index in [4.69, 9.17) is 4.74 Å². The van der Waals surface area contributed by atoms with E-state index in [0.717, 1.165) is 25.1 Å². The number of carbonyl (C=O) groups is 1. The van der Waals surface area contributed by atoms with E-state index in [0.29, 0.717) is 18.4 Å². The first kappa shape index (κ1) is 14.4. The highest BCUT2D eigenvalue weighted by Crippen LogP contribution is 2.48. The quantitative estimate of drug-likeness (QED) is 0.845. The third kappa shape index (κ3) is 2.91. The van der Waals surface area contributed by atoms with Crippen molar-refractivity contribution in [3.05, 3.63) is 29.8 Å². The van der Waals surface area contributed by atoms with E-state index in [1.807, 2.05) is 31.2 Å². The second-order valence-electron chi connectivity index (χ2n) is 6.18. The molecule has 2 fully saturated rings. The van der Waals surface area contributed by atoms with Crippen LogP contribution < -0.4 is 10.1 Å². The van der Waals surface area contributed by atoms with E-state index < -0.39 is 5.97 Å². The number of ether oxygens (including phenoxy) is 1. The predicted octanol–water partition coefficient (Wildman–Crippen LogP) is 2.67. The standard InChI is InChI=1S/C17H23NO3/c1-2-21-14-7-3-11(4-8-14)10-18-16-13-6-5-12(9-13)15(16)17(19)20/h3-4,7-8,12-13,15-16,18H,2,5-6,9-10H2,1H3,(H,19,20). The second-order valence-corrected chi connectivity index (χ2v) is 6.18. The smallest absolute Gasteiger partial charge is 0.308 e. The normalized spacial score (nSPS) is 30.5. The average molecular weight is 289 g/mol. The molecule has 2 aliphatic rings. The molecule has 0 radical (unpaired) electrons. The zero-order valence-electron chi connectivity index (χ0n) is 12.4. The Labute approximate surface area is 125 Å². The van der Waals surface area contributed by atoms with Crippen molar-refractivity contribution in [2.45, 2.75) is 38.8 Å². The van der Waals surface area contributed by atoms with Crippen LogP contribution in [-0.2, 0) is 11.3 Å². The van der Waals surface area contributed by atoms with Crippen LogP contribution in [0.1, 0.15) is 31.7 Å². The Hall–Kier alpha value is -1.55. The molecule has 0 aromatic heterocycles. The van der Waals surface area contributed by atoms with Crippen LogP contribution in [0.5, 0.6) is 5.75 Å². The van der Waals surface area contributed by atoms with E-state index in [9.17, 15) is 9.90 Å². The maximum atomic E-state index is 11.5. The first-order valence-electron chi connectivity index (χ1n) is 7.87. The average Bonchev–Trinajstić information content (AvgIpc) is 3.07. The van der Waals surface area contributed by atoms with Crippen molar-refractivity contribution < 1.29 is 14.6 Å². The van der Waals surface area contributed by atoms with Gasteiger partial charge in [0.1, 0.15) is 5.75 Å². The van der Waals surface area contributed by atoms with Gasteiger partial charge < -0.3 is 15.2 Å². The van der Waals surface area contributed by atoms with Crippen LogP contribution in [0.25, 0.3) is 0 Å². The van der Waals surface area contributed by atoms with Gasteiger partial charge in [0.25, 0.3) is 0 Å². The summed E-state index contributed by atoms with van der Waals surface area (Å²) in [6.07, 6.45) is 3.34. The van der Waals surface area contributed by atoms with Gasteiger partial charge >= 0.3 is 5.97 Å². The van der Waals surface area contributed by atoms with Gasteiger partial charge in [0, 0.05) is 12.6 Å². The molecule has 1 aromatic carbocycles. The summed E-state index contributed by atoms with van der Waals surface area (Å²) in [7, 11) is 0. The van der Waals surface area contributed by atoms with Gasteiger partial charge in [-0.25, -0.2) is 0 Å². The Morgan fingerprint density at radius 3 is 2.67 bits per heavy atom. The van der Waals surface area contributed by atoms with Gasteiger partial charge in [0.05, 0.1) is 12.5 Å². The summed E-state index contributed by atoms with van der Waals surface area (Å²) < 4.78 is 5.43. The Morgan fingerprint density at radius 2 is 2.00 bits per heavy atom. The van der Waals surface area contributed by atoms with Gasteiger partial charge in [-0.3, -0.25) is 4.79 Å². The summed E-state index contributed by atoms with van der Waals surface area (Å²) in [6, 6.07) is 8.15. The number of benzene rings is 1.